The van der Waals surface area contributed by atoms with Gasteiger partial charge in [0, 0.05) is 11.8 Å². The molecule has 0 aliphatic carbocycles. The summed E-state index contributed by atoms with van der Waals surface area (Å²) in [6.07, 6.45) is 2.34. The van der Waals surface area contributed by atoms with Crippen LogP contribution in [0, 0.1) is 0 Å². The molecule has 3 heteroatoms. The standard InChI is InChI=1S/C8H15NOS/c1-7-2-4-10-8(9-7)3-5-11-6-8/h7,9H,2-6H2,1H3. The lowest BCUT2D eigenvalue weighted by Gasteiger charge is -2.37. The third-order valence-corrected chi connectivity index (χ3v) is 3.59. The van der Waals surface area contributed by atoms with Crippen LogP contribution in [0.3, 0.4) is 0 Å². The van der Waals surface area contributed by atoms with E-state index in [0.29, 0.717) is 6.04 Å². The third-order valence-electron chi connectivity index (χ3n) is 2.42. The summed E-state index contributed by atoms with van der Waals surface area (Å²) in [7, 11) is 0. The molecule has 0 bridgehead atoms. The highest BCUT2D eigenvalue weighted by molar-refractivity contribution is 7.99. The fourth-order valence-corrected chi connectivity index (χ4v) is 3.03. The third kappa shape index (κ3) is 1.55. The number of hydrogen-bond acceptors (Lipinski definition) is 3. The predicted molar refractivity (Wildman–Crippen MR) is 47.8 cm³/mol. The Hall–Kier alpha value is 0.270. The second-order valence-corrected chi connectivity index (χ2v) is 4.58. The Balaban J connectivity index is 2.00. The van der Waals surface area contributed by atoms with E-state index in [2.05, 4.69) is 12.2 Å². The highest BCUT2D eigenvalue weighted by Gasteiger charge is 2.38. The van der Waals surface area contributed by atoms with Gasteiger partial charge >= 0.3 is 0 Å². The SMILES string of the molecule is CC1CCOC2(CCSC2)N1. The molecule has 2 aliphatic rings. The average molecular weight is 173 g/mol. The number of hydrogen-bond donors (Lipinski definition) is 1. The van der Waals surface area contributed by atoms with Crippen LogP contribution in [0.25, 0.3) is 0 Å². The van der Waals surface area contributed by atoms with E-state index in [4.69, 9.17) is 4.74 Å². The van der Waals surface area contributed by atoms with Crippen molar-refractivity contribution in [2.45, 2.75) is 31.5 Å². The second kappa shape index (κ2) is 2.96. The zero-order valence-corrected chi connectivity index (χ0v) is 7.75. The van der Waals surface area contributed by atoms with E-state index in [1.165, 1.54) is 12.2 Å². The minimum absolute atomic E-state index is 0.0579. The zero-order valence-electron chi connectivity index (χ0n) is 6.93. The van der Waals surface area contributed by atoms with Gasteiger partial charge in [-0.2, -0.15) is 11.8 Å². The maximum atomic E-state index is 5.76. The van der Waals surface area contributed by atoms with E-state index >= 15 is 0 Å². The van der Waals surface area contributed by atoms with Gasteiger partial charge in [-0.15, -0.1) is 0 Å². The van der Waals surface area contributed by atoms with E-state index in [0.717, 1.165) is 18.8 Å². The molecule has 11 heavy (non-hydrogen) atoms. The molecule has 0 aromatic rings. The molecule has 2 rings (SSSR count). The van der Waals surface area contributed by atoms with E-state index in [9.17, 15) is 0 Å². The van der Waals surface area contributed by atoms with Crippen LogP contribution < -0.4 is 5.32 Å². The first-order chi connectivity index (χ1) is 5.31. The second-order valence-electron chi connectivity index (χ2n) is 3.48. The lowest BCUT2D eigenvalue weighted by Crippen LogP contribution is -2.55. The first kappa shape index (κ1) is 7.90. The maximum absolute atomic E-state index is 5.76. The van der Waals surface area contributed by atoms with Crippen LogP contribution in [0.2, 0.25) is 0 Å². The summed E-state index contributed by atoms with van der Waals surface area (Å²) < 4.78 is 5.76. The molecule has 1 N–H and O–H groups in total. The Bertz CT molecular complexity index is 145. The van der Waals surface area contributed by atoms with Gasteiger partial charge < -0.3 is 4.74 Å². The van der Waals surface area contributed by atoms with Gasteiger partial charge in [0.15, 0.2) is 0 Å². The van der Waals surface area contributed by atoms with Crippen LogP contribution in [0.15, 0.2) is 0 Å². The number of thioether (sulfide) groups is 1. The first-order valence-corrected chi connectivity index (χ1v) is 5.46. The van der Waals surface area contributed by atoms with Crippen molar-refractivity contribution in [2.75, 3.05) is 18.1 Å². The summed E-state index contributed by atoms with van der Waals surface area (Å²) >= 11 is 1.99. The van der Waals surface area contributed by atoms with E-state index < -0.39 is 0 Å². The molecule has 64 valence electrons. The fourth-order valence-electron chi connectivity index (χ4n) is 1.77. The Morgan fingerprint density at radius 2 is 2.55 bits per heavy atom. The van der Waals surface area contributed by atoms with Gasteiger partial charge in [-0.3, -0.25) is 5.32 Å². The summed E-state index contributed by atoms with van der Waals surface area (Å²) in [6.45, 7) is 3.18. The van der Waals surface area contributed by atoms with Crippen LogP contribution >= 0.6 is 11.8 Å². The van der Waals surface area contributed by atoms with E-state index in [1.54, 1.807) is 0 Å². The molecule has 2 aliphatic heterocycles. The molecule has 2 nitrogen and oxygen atoms in total. The Labute approximate surface area is 72.1 Å². The lowest BCUT2D eigenvalue weighted by atomic mass is 10.1. The highest BCUT2D eigenvalue weighted by atomic mass is 32.2. The highest BCUT2D eigenvalue weighted by Crippen LogP contribution is 2.31. The van der Waals surface area contributed by atoms with Crippen molar-refractivity contribution < 1.29 is 4.74 Å². The van der Waals surface area contributed by atoms with Crippen molar-refractivity contribution in [3.05, 3.63) is 0 Å². The summed E-state index contributed by atoms with van der Waals surface area (Å²) in [5.74, 6) is 2.39. The number of rotatable bonds is 0. The van der Waals surface area contributed by atoms with Crippen LogP contribution in [0.4, 0.5) is 0 Å². The summed E-state index contributed by atoms with van der Waals surface area (Å²) in [5.41, 5.74) is 0.0579. The predicted octanol–water partition coefficient (Wildman–Crippen LogP) is 1.22. The Morgan fingerprint density at radius 1 is 1.64 bits per heavy atom. The molecule has 0 aromatic heterocycles. The topological polar surface area (TPSA) is 21.3 Å². The van der Waals surface area contributed by atoms with E-state index in [1.807, 2.05) is 11.8 Å². The number of ether oxygens (including phenoxy) is 1. The molecule has 0 amide bonds. The van der Waals surface area contributed by atoms with Crippen LogP contribution in [-0.4, -0.2) is 29.9 Å². The van der Waals surface area contributed by atoms with Crippen molar-refractivity contribution >= 4 is 11.8 Å². The molecule has 0 saturated carbocycles. The molecular formula is C8H15NOS. The normalized spacial score (nSPS) is 45.0. The summed E-state index contributed by atoms with van der Waals surface area (Å²) in [4.78, 5) is 0. The lowest BCUT2D eigenvalue weighted by molar-refractivity contribution is -0.0891. The molecule has 0 radical (unpaired) electrons. The average Bonchev–Trinajstić information content (AvgIpc) is 2.37. The molecule has 2 saturated heterocycles. The van der Waals surface area contributed by atoms with Gasteiger partial charge in [0.25, 0.3) is 0 Å². The molecule has 2 heterocycles. The van der Waals surface area contributed by atoms with Gasteiger partial charge in [-0.1, -0.05) is 0 Å². The largest absolute Gasteiger partial charge is 0.360 e. The quantitative estimate of drug-likeness (QED) is 0.595. The molecule has 2 fully saturated rings. The van der Waals surface area contributed by atoms with Gasteiger partial charge in [0.05, 0.1) is 6.61 Å². The van der Waals surface area contributed by atoms with Gasteiger partial charge in [-0.05, 0) is 25.5 Å². The Kier molecular flexibility index (Phi) is 2.12. The minimum atomic E-state index is 0.0579. The van der Waals surface area contributed by atoms with Crippen molar-refractivity contribution in [1.82, 2.24) is 5.32 Å². The molecule has 0 aromatic carbocycles. The van der Waals surface area contributed by atoms with Crippen molar-refractivity contribution in [2.24, 2.45) is 0 Å². The van der Waals surface area contributed by atoms with Crippen LogP contribution in [-0.2, 0) is 4.74 Å². The van der Waals surface area contributed by atoms with Gasteiger partial charge in [-0.25, -0.2) is 0 Å². The fraction of sp³-hybridized carbons (Fsp3) is 1.00. The number of nitrogens with one attached hydrogen (secondary N) is 1. The Morgan fingerprint density at radius 3 is 3.18 bits per heavy atom. The minimum Gasteiger partial charge on any atom is -0.360 e. The first-order valence-electron chi connectivity index (χ1n) is 4.30. The summed E-state index contributed by atoms with van der Waals surface area (Å²) in [6, 6.07) is 0.641. The molecule has 2 atom stereocenters. The van der Waals surface area contributed by atoms with Gasteiger partial charge in [0.1, 0.15) is 5.72 Å². The summed E-state index contributed by atoms with van der Waals surface area (Å²) in [5, 5.41) is 3.55. The van der Waals surface area contributed by atoms with Crippen molar-refractivity contribution in [1.29, 1.82) is 0 Å². The zero-order chi connectivity index (χ0) is 7.73. The molecule has 1 spiro atoms. The van der Waals surface area contributed by atoms with Gasteiger partial charge in [0.2, 0.25) is 0 Å². The molecule has 2 unspecified atom stereocenters. The van der Waals surface area contributed by atoms with Crippen LogP contribution in [0.5, 0.6) is 0 Å². The monoisotopic (exact) mass is 173 g/mol. The van der Waals surface area contributed by atoms with E-state index in [-0.39, 0.29) is 5.72 Å². The smallest absolute Gasteiger partial charge is 0.129 e. The van der Waals surface area contributed by atoms with Crippen molar-refractivity contribution in [3.8, 4) is 0 Å². The van der Waals surface area contributed by atoms with Crippen molar-refractivity contribution in [3.63, 3.8) is 0 Å². The van der Waals surface area contributed by atoms with Crippen LogP contribution in [0.1, 0.15) is 19.8 Å². The molecular weight excluding hydrogens is 158 g/mol. The maximum Gasteiger partial charge on any atom is 0.129 e.